The molecule has 0 unspecified atom stereocenters. The molecule has 5 N–H and O–H groups in total. The summed E-state index contributed by atoms with van der Waals surface area (Å²) < 4.78 is 31.6. The molecule has 10 heavy (non-hydrogen) atoms. The first-order chi connectivity index (χ1) is 3.91. The van der Waals surface area contributed by atoms with Crippen LogP contribution in [0.4, 0.5) is 0 Å². The summed E-state index contributed by atoms with van der Waals surface area (Å²) in [6, 6.07) is 0. The van der Waals surface area contributed by atoms with Crippen molar-refractivity contribution >= 4 is 40.0 Å². The normalized spacial score (nSPS) is 8.80. The molecule has 0 saturated carbocycles. The number of aliphatic hydroxyl groups is 1. The van der Waals surface area contributed by atoms with E-state index in [0.29, 0.717) is 6.54 Å². The molecule has 0 rings (SSSR count). The minimum absolute atomic E-state index is 0. The zero-order chi connectivity index (χ0) is 7.91. The van der Waals surface area contributed by atoms with Crippen LogP contribution in [-0.2, 0) is 10.4 Å². The molecule has 6 nitrogen and oxygen atoms in total. The Bertz CT molecular complexity index is 123. The number of nitrogens with two attached hydrogens (primary N) is 1. The van der Waals surface area contributed by atoms with E-state index in [2.05, 4.69) is 0 Å². The second kappa shape index (κ2) is 9.79. The summed E-state index contributed by atoms with van der Waals surface area (Å²) in [5.41, 5.74) is 4.78. The van der Waals surface area contributed by atoms with Gasteiger partial charge in [0.15, 0.2) is 0 Å². The van der Waals surface area contributed by atoms with Crippen LogP contribution in [0.1, 0.15) is 0 Å². The van der Waals surface area contributed by atoms with E-state index in [1.165, 1.54) is 0 Å². The summed E-state index contributed by atoms with van der Waals surface area (Å²) in [6.07, 6.45) is 0. The molecule has 0 aliphatic rings. The van der Waals surface area contributed by atoms with Crippen molar-refractivity contribution in [3.05, 3.63) is 0 Å². The van der Waals surface area contributed by atoms with Gasteiger partial charge in [0, 0.05) is 6.54 Å². The van der Waals surface area contributed by atoms with Gasteiger partial charge in [0.05, 0.1) is 6.61 Å². The fourth-order valence-electron chi connectivity index (χ4n) is 0. The Labute approximate surface area is 81.3 Å². The van der Waals surface area contributed by atoms with Crippen molar-refractivity contribution < 1.29 is 22.6 Å². The Morgan fingerprint density at radius 1 is 1.30 bits per heavy atom. The van der Waals surface area contributed by atoms with Gasteiger partial charge < -0.3 is 10.8 Å². The van der Waals surface area contributed by atoms with Crippen molar-refractivity contribution in [2.24, 2.45) is 5.73 Å². The molecule has 8 heteroatoms. The van der Waals surface area contributed by atoms with Gasteiger partial charge in [-0.2, -0.15) is 8.42 Å². The van der Waals surface area contributed by atoms with Crippen molar-refractivity contribution in [3.8, 4) is 0 Å². The van der Waals surface area contributed by atoms with E-state index in [0.717, 1.165) is 0 Å². The summed E-state index contributed by atoms with van der Waals surface area (Å²) in [4.78, 5) is 0. The Hall–Kier alpha value is 0.790. The maximum absolute atomic E-state index is 8.74. The molecule has 0 atom stereocenters. The van der Waals surface area contributed by atoms with Gasteiger partial charge in [-0.15, -0.1) is 0 Å². The molecule has 0 aromatic heterocycles. The summed E-state index contributed by atoms with van der Waals surface area (Å²) in [5, 5.41) is 7.75. The first-order valence-corrected chi connectivity index (χ1v) is 3.32. The van der Waals surface area contributed by atoms with Crippen LogP contribution < -0.4 is 5.73 Å². The average Bonchev–Trinajstić information content (AvgIpc) is 1.61. The van der Waals surface area contributed by atoms with E-state index >= 15 is 0 Å². The zero-order valence-corrected chi connectivity index (χ0v) is 5.37. The monoisotopic (exact) mass is 183 g/mol. The molecule has 0 radical (unpaired) electrons. The van der Waals surface area contributed by atoms with Crippen LogP contribution in [0.2, 0.25) is 0 Å². The Balaban J connectivity index is -0.0000000910. The van der Waals surface area contributed by atoms with Crippen LogP contribution in [0.3, 0.4) is 0 Å². The van der Waals surface area contributed by atoms with Crippen molar-refractivity contribution in [3.63, 3.8) is 0 Å². The van der Waals surface area contributed by atoms with Crippen molar-refractivity contribution in [1.82, 2.24) is 0 Å². The first kappa shape index (κ1) is 17.0. The van der Waals surface area contributed by atoms with Crippen LogP contribution in [0, 0.1) is 0 Å². The molecular formula is C2H10NNaO5S. The molecule has 0 spiro atoms. The average molecular weight is 183 g/mol. The topological polar surface area (TPSA) is 121 Å². The second-order valence-corrected chi connectivity index (χ2v) is 1.86. The molecule has 0 aliphatic carbocycles. The van der Waals surface area contributed by atoms with Crippen LogP contribution >= 0.6 is 0 Å². The summed E-state index contributed by atoms with van der Waals surface area (Å²) in [5.74, 6) is 0. The number of hydrogen-bond acceptors (Lipinski definition) is 4. The first-order valence-electron chi connectivity index (χ1n) is 1.92. The molecule has 0 saturated heterocycles. The van der Waals surface area contributed by atoms with Crippen LogP contribution in [0.25, 0.3) is 0 Å². The fraction of sp³-hybridized carbons (Fsp3) is 1.00. The van der Waals surface area contributed by atoms with E-state index in [1.54, 1.807) is 0 Å². The van der Waals surface area contributed by atoms with Crippen molar-refractivity contribution in [2.75, 3.05) is 13.2 Å². The molecule has 0 heterocycles. The predicted octanol–water partition coefficient (Wildman–Crippen LogP) is -2.36. The van der Waals surface area contributed by atoms with Crippen LogP contribution in [-0.4, -0.2) is 65.3 Å². The second-order valence-electron chi connectivity index (χ2n) is 0.960. The van der Waals surface area contributed by atoms with Crippen LogP contribution in [0.5, 0.6) is 0 Å². The third-order valence-corrected chi connectivity index (χ3v) is 0.129. The molecule has 0 aliphatic heterocycles. The molecular weight excluding hydrogens is 173 g/mol. The SMILES string of the molecule is NCCO.O=S(=O)(O)O.[NaH]. The molecule has 0 aromatic carbocycles. The Kier molecular flexibility index (Phi) is 16.7. The van der Waals surface area contributed by atoms with Crippen molar-refractivity contribution in [2.45, 2.75) is 0 Å². The van der Waals surface area contributed by atoms with Crippen molar-refractivity contribution in [1.29, 1.82) is 0 Å². The predicted molar refractivity (Wildman–Crippen MR) is 37.5 cm³/mol. The van der Waals surface area contributed by atoms with Gasteiger partial charge in [0.1, 0.15) is 0 Å². The third kappa shape index (κ3) is 166. The zero-order valence-electron chi connectivity index (χ0n) is 4.56. The van der Waals surface area contributed by atoms with E-state index < -0.39 is 10.4 Å². The number of rotatable bonds is 1. The van der Waals surface area contributed by atoms with Gasteiger partial charge in [-0.05, 0) is 0 Å². The quantitative estimate of drug-likeness (QED) is 0.266. The maximum atomic E-state index is 8.74. The Morgan fingerprint density at radius 3 is 1.40 bits per heavy atom. The summed E-state index contributed by atoms with van der Waals surface area (Å²) in [6.45, 7) is 0.472. The molecule has 0 bridgehead atoms. The minimum atomic E-state index is -4.67. The van der Waals surface area contributed by atoms with Gasteiger partial charge in [0.2, 0.25) is 0 Å². The van der Waals surface area contributed by atoms with E-state index in [9.17, 15) is 0 Å². The molecule has 60 valence electrons. The van der Waals surface area contributed by atoms with Gasteiger partial charge in [0.25, 0.3) is 0 Å². The molecule has 0 aromatic rings. The van der Waals surface area contributed by atoms with E-state index in [1.807, 2.05) is 0 Å². The fourth-order valence-corrected chi connectivity index (χ4v) is 0. The summed E-state index contributed by atoms with van der Waals surface area (Å²) in [7, 11) is -4.67. The standard InChI is InChI=1S/C2H7NO.Na.H2O4S.H/c3-1-2-4;;1-5(2,3)4;/h4H,1-3H2;;(H2,1,2,3,4);. The number of hydrogen-bond donors (Lipinski definition) is 4. The molecule has 0 amide bonds. The Morgan fingerprint density at radius 2 is 1.40 bits per heavy atom. The third-order valence-electron chi connectivity index (χ3n) is 0.129. The van der Waals surface area contributed by atoms with Gasteiger partial charge in [-0.3, -0.25) is 9.11 Å². The number of aliphatic hydroxyl groups excluding tert-OH is 1. The summed E-state index contributed by atoms with van der Waals surface area (Å²) >= 11 is 0. The van der Waals surface area contributed by atoms with Gasteiger partial charge in [-0.25, -0.2) is 0 Å². The molecule has 0 fully saturated rings. The van der Waals surface area contributed by atoms with Gasteiger partial charge in [-0.1, -0.05) is 0 Å². The van der Waals surface area contributed by atoms with Gasteiger partial charge >= 0.3 is 40.0 Å². The van der Waals surface area contributed by atoms with E-state index in [4.69, 9.17) is 28.4 Å². The van der Waals surface area contributed by atoms with E-state index in [-0.39, 0.29) is 36.2 Å². The van der Waals surface area contributed by atoms with Crippen LogP contribution in [0.15, 0.2) is 0 Å².